The maximum absolute atomic E-state index is 15.5. The molecule has 0 amide bonds. The Morgan fingerprint density at radius 2 is 0.826 bits per heavy atom. The van der Waals surface area contributed by atoms with Gasteiger partial charge in [-0.2, -0.15) is 10.5 Å². The smallest absolute Gasteiger partial charge is 0.343 e. The molecule has 0 aliphatic carbocycles. The van der Waals surface area contributed by atoms with Gasteiger partial charge in [0.1, 0.15) is 46.3 Å². The summed E-state index contributed by atoms with van der Waals surface area (Å²) in [6, 6.07) is 27.3. The molecule has 5 aromatic carbocycles. The van der Waals surface area contributed by atoms with Crippen LogP contribution >= 0.6 is 0 Å². The zero-order valence-corrected chi connectivity index (χ0v) is 24.3. The first-order valence-electron chi connectivity index (χ1n) is 13.7. The van der Waals surface area contributed by atoms with E-state index in [0.717, 1.165) is 11.1 Å². The predicted octanol–water partition coefficient (Wildman–Crippen LogP) is 8.35. The van der Waals surface area contributed by atoms with E-state index >= 15 is 8.78 Å². The standard InChI is InChI=1S/C36H22F2N2O6/c1-21-3-11-27(12-4-21)45-35(41)23-7-15-25(16-8-23)43-33-31(37)29(19-39)30(20-40)32(38)34(33)44-26-17-9-24(10-18-26)36(42)46-28-13-5-22(2)6-14-28/h3-18H,1-2H3. The first kappa shape index (κ1) is 30.9. The Labute approximate surface area is 262 Å². The zero-order chi connectivity index (χ0) is 32.8. The fourth-order valence-corrected chi connectivity index (χ4v) is 4.14. The van der Waals surface area contributed by atoms with E-state index in [9.17, 15) is 20.1 Å². The molecule has 0 aliphatic rings. The third kappa shape index (κ3) is 6.83. The van der Waals surface area contributed by atoms with E-state index in [1.54, 1.807) is 48.5 Å². The number of carbonyl (C=O) groups is 2. The molecule has 5 aromatic rings. The van der Waals surface area contributed by atoms with Gasteiger partial charge in [-0.1, -0.05) is 35.4 Å². The van der Waals surface area contributed by atoms with E-state index in [0.29, 0.717) is 11.5 Å². The average Bonchev–Trinajstić information content (AvgIpc) is 3.06. The summed E-state index contributed by atoms with van der Waals surface area (Å²) in [7, 11) is 0. The van der Waals surface area contributed by atoms with Crippen LogP contribution in [0.2, 0.25) is 0 Å². The van der Waals surface area contributed by atoms with Crippen LogP contribution in [0, 0.1) is 48.1 Å². The van der Waals surface area contributed by atoms with Gasteiger partial charge in [-0.15, -0.1) is 0 Å². The van der Waals surface area contributed by atoms with Gasteiger partial charge in [0.2, 0.25) is 11.5 Å². The quantitative estimate of drug-likeness (QED) is 0.126. The number of benzene rings is 5. The van der Waals surface area contributed by atoms with E-state index in [1.165, 1.54) is 60.7 Å². The van der Waals surface area contributed by atoms with Gasteiger partial charge in [-0.05, 0) is 86.6 Å². The van der Waals surface area contributed by atoms with E-state index < -0.39 is 46.2 Å². The Bertz CT molecular complexity index is 1860. The number of esters is 2. The maximum atomic E-state index is 15.5. The molecular formula is C36H22F2N2O6. The molecular weight excluding hydrogens is 594 g/mol. The largest absolute Gasteiger partial charge is 0.450 e. The number of carbonyl (C=O) groups excluding carboxylic acids is 2. The summed E-state index contributed by atoms with van der Waals surface area (Å²) in [5.74, 6) is -5.03. The molecule has 10 heteroatoms. The van der Waals surface area contributed by atoms with Crippen molar-refractivity contribution in [3.05, 3.63) is 142 Å². The van der Waals surface area contributed by atoms with Gasteiger partial charge in [-0.25, -0.2) is 18.4 Å². The van der Waals surface area contributed by atoms with Crippen LogP contribution in [0.5, 0.6) is 34.5 Å². The lowest BCUT2D eigenvalue weighted by Gasteiger charge is -2.16. The van der Waals surface area contributed by atoms with Crippen LogP contribution < -0.4 is 18.9 Å². The predicted molar refractivity (Wildman–Crippen MR) is 161 cm³/mol. The fraction of sp³-hybridized carbons (Fsp3) is 0.0556. The highest BCUT2D eigenvalue weighted by Crippen LogP contribution is 2.42. The molecule has 0 heterocycles. The van der Waals surface area contributed by atoms with Crippen molar-refractivity contribution >= 4 is 11.9 Å². The molecule has 0 aliphatic heterocycles. The maximum Gasteiger partial charge on any atom is 0.343 e. The Morgan fingerprint density at radius 1 is 0.522 bits per heavy atom. The summed E-state index contributed by atoms with van der Waals surface area (Å²) < 4.78 is 53.0. The molecule has 0 aromatic heterocycles. The second kappa shape index (κ2) is 13.4. The molecule has 0 atom stereocenters. The van der Waals surface area contributed by atoms with Gasteiger partial charge in [-0.3, -0.25) is 0 Å². The minimum atomic E-state index is -1.34. The highest BCUT2D eigenvalue weighted by molar-refractivity contribution is 5.91. The number of ether oxygens (including phenoxy) is 4. The van der Waals surface area contributed by atoms with Gasteiger partial charge < -0.3 is 18.9 Å². The van der Waals surface area contributed by atoms with Crippen LogP contribution in [-0.2, 0) is 0 Å². The van der Waals surface area contributed by atoms with Crippen LogP contribution in [0.3, 0.4) is 0 Å². The van der Waals surface area contributed by atoms with Crippen LogP contribution in [0.15, 0.2) is 97.1 Å². The monoisotopic (exact) mass is 616 g/mol. The molecule has 226 valence electrons. The summed E-state index contributed by atoms with van der Waals surface area (Å²) in [6.07, 6.45) is 0. The van der Waals surface area contributed by atoms with Crippen LogP contribution in [-0.4, -0.2) is 11.9 Å². The lowest BCUT2D eigenvalue weighted by molar-refractivity contribution is 0.0725. The lowest BCUT2D eigenvalue weighted by Crippen LogP contribution is -2.08. The van der Waals surface area contributed by atoms with Crippen LogP contribution in [0.25, 0.3) is 0 Å². The summed E-state index contributed by atoms with van der Waals surface area (Å²) >= 11 is 0. The Morgan fingerprint density at radius 3 is 1.13 bits per heavy atom. The van der Waals surface area contributed by atoms with Crippen molar-refractivity contribution in [3.63, 3.8) is 0 Å². The Kier molecular flexibility index (Phi) is 9.02. The molecule has 0 saturated heterocycles. The lowest BCUT2D eigenvalue weighted by atomic mass is 10.1. The summed E-state index contributed by atoms with van der Waals surface area (Å²) in [6.45, 7) is 3.79. The van der Waals surface area contributed by atoms with Crippen LogP contribution in [0.4, 0.5) is 8.78 Å². The van der Waals surface area contributed by atoms with Crippen molar-refractivity contribution in [3.8, 4) is 46.6 Å². The van der Waals surface area contributed by atoms with Gasteiger partial charge in [0.15, 0.2) is 11.6 Å². The number of nitriles is 2. The second-order valence-corrected chi connectivity index (χ2v) is 9.92. The topological polar surface area (TPSA) is 119 Å². The molecule has 0 saturated carbocycles. The van der Waals surface area contributed by atoms with E-state index in [1.807, 2.05) is 13.8 Å². The minimum Gasteiger partial charge on any atom is -0.450 e. The zero-order valence-electron chi connectivity index (χ0n) is 24.3. The highest BCUT2D eigenvalue weighted by Gasteiger charge is 2.29. The summed E-state index contributed by atoms with van der Waals surface area (Å²) in [4.78, 5) is 25.1. The van der Waals surface area contributed by atoms with E-state index in [4.69, 9.17) is 18.9 Å². The average molecular weight is 617 g/mol. The summed E-state index contributed by atoms with van der Waals surface area (Å²) in [5, 5.41) is 18.9. The number of nitrogens with zero attached hydrogens (tertiary/aromatic N) is 2. The van der Waals surface area contributed by atoms with Gasteiger partial charge in [0, 0.05) is 0 Å². The molecule has 0 unspecified atom stereocenters. The Balaban J connectivity index is 1.39. The van der Waals surface area contributed by atoms with Gasteiger partial charge >= 0.3 is 11.9 Å². The van der Waals surface area contributed by atoms with Crippen molar-refractivity contribution in [2.75, 3.05) is 0 Å². The Hall–Kier alpha value is -6.52. The number of aryl methyl sites for hydroxylation is 2. The number of hydrogen-bond acceptors (Lipinski definition) is 8. The molecule has 0 N–H and O–H groups in total. The third-order valence-electron chi connectivity index (χ3n) is 6.60. The molecule has 8 nitrogen and oxygen atoms in total. The first-order chi connectivity index (χ1) is 22.2. The molecule has 0 fully saturated rings. The highest BCUT2D eigenvalue weighted by atomic mass is 19.1. The first-order valence-corrected chi connectivity index (χ1v) is 13.7. The van der Waals surface area contributed by atoms with Crippen molar-refractivity contribution in [1.82, 2.24) is 0 Å². The van der Waals surface area contributed by atoms with Crippen molar-refractivity contribution in [2.45, 2.75) is 13.8 Å². The van der Waals surface area contributed by atoms with Crippen molar-refractivity contribution < 1.29 is 37.3 Å². The SMILES string of the molecule is Cc1ccc(OC(=O)c2ccc(Oc3c(F)c(C#N)c(C#N)c(F)c3Oc3ccc(C(=O)Oc4ccc(C)cc4)cc3)cc2)cc1. The molecule has 0 bridgehead atoms. The van der Waals surface area contributed by atoms with Gasteiger partial charge in [0.05, 0.1) is 11.1 Å². The van der Waals surface area contributed by atoms with Gasteiger partial charge in [0.25, 0.3) is 0 Å². The fourth-order valence-electron chi connectivity index (χ4n) is 4.14. The second-order valence-electron chi connectivity index (χ2n) is 9.92. The third-order valence-corrected chi connectivity index (χ3v) is 6.60. The minimum absolute atomic E-state index is 0.0437. The normalized spacial score (nSPS) is 10.3. The molecule has 46 heavy (non-hydrogen) atoms. The number of rotatable bonds is 8. The molecule has 5 rings (SSSR count). The number of halogens is 2. The summed E-state index contributed by atoms with van der Waals surface area (Å²) in [5.41, 5.74) is 0.520. The van der Waals surface area contributed by atoms with Crippen LogP contribution in [0.1, 0.15) is 43.0 Å². The van der Waals surface area contributed by atoms with Crippen molar-refractivity contribution in [2.24, 2.45) is 0 Å². The van der Waals surface area contributed by atoms with E-state index in [-0.39, 0.29) is 22.6 Å². The van der Waals surface area contributed by atoms with Crippen molar-refractivity contribution in [1.29, 1.82) is 10.5 Å². The molecule has 0 spiro atoms. The van der Waals surface area contributed by atoms with E-state index in [2.05, 4.69) is 0 Å². The molecule has 0 radical (unpaired) electrons. The number of hydrogen-bond donors (Lipinski definition) is 0.